The summed E-state index contributed by atoms with van der Waals surface area (Å²) in [6, 6.07) is 5.35. The van der Waals surface area contributed by atoms with Gasteiger partial charge in [0.2, 0.25) is 0 Å². The Balaban J connectivity index is 2.05. The van der Waals surface area contributed by atoms with Crippen molar-refractivity contribution in [3.8, 4) is 0 Å². The van der Waals surface area contributed by atoms with Crippen molar-refractivity contribution in [2.75, 3.05) is 11.9 Å². The van der Waals surface area contributed by atoms with Crippen molar-refractivity contribution in [3.05, 3.63) is 33.9 Å². The van der Waals surface area contributed by atoms with E-state index in [1.54, 1.807) is 19.1 Å². The Morgan fingerprint density at radius 2 is 2.06 bits per heavy atom. The Bertz CT molecular complexity index is 451. The maximum Gasteiger partial charge on any atom is 0.274 e. The minimum Gasteiger partial charge on any atom is -0.384 e. The second-order valence-corrected chi connectivity index (χ2v) is 5.63. The number of aryl methyl sites for hydroxylation is 1. The van der Waals surface area contributed by atoms with Crippen LogP contribution in [0, 0.1) is 22.5 Å². The van der Waals surface area contributed by atoms with E-state index >= 15 is 0 Å². The monoisotopic (exact) mass is 248 g/mol. The Hall–Kier alpha value is -1.58. The fraction of sp³-hybridized carbons (Fsp3) is 0.571. The van der Waals surface area contributed by atoms with Gasteiger partial charge in [0.15, 0.2) is 0 Å². The molecule has 1 aliphatic carbocycles. The molecular weight excluding hydrogens is 228 g/mol. The van der Waals surface area contributed by atoms with Crippen molar-refractivity contribution in [1.82, 2.24) is 0 Å². The fourth-order valence-electron chi connectivity index (χ4n) is 2.64. The van der Waals surface area contributed by atoms with Crippen molar-refractivity contribution in [3.63, 3.8) is 0 Å². The Morgan fingerprint density at radius 1 is 1.39 bits per heavy atom. The number of nitrogens with one attached hydrogen (secondary N) is 1. The van der Waals surface area contributed by atoms with E-state index in [0.29, 0.717) is 11.0 Å². The summed E-state index contributed by atoms with van der Waals surface area (Å²) in [6.07, 6.45) is 5.08. The summed E-state index contributed by atoms with van der Waals surface area (Å²) in [5, 5.41) is 14.2. The molecule has 0 radical (unpaired) electrons. The molecular formula is C14H20N2O2. The minimum absolute atomic E-state index is 0.191. The quantitative estimate of drug-likeness (QED) is 0.649. The van der Waals surface area contributed by atoms with Crippen LogP contribution >= 0.6 is 0 Å². The number of nitro benzene ring substituents is 1. The molecule has 0 amide bonds. The molecule has 0 bridgehead atoms. The second kappa shape index (κ2) is 4.96. The lowest BCUT2D eigenvalue weighted by Crippen LogP contribution is -2.22. The van der Waals surface area contributed by atoms with E-state index in [1.807, 2.05) is 6.07 Å². The highest BCUT2D eigenvalue weighted by Crippen LogP contribution is 2.37. The van der Waals surface area contributed by atoms with E-state index in [0.717, 1.165) is 12.2 Å². The fourth-order valence-corrected chi connectivity index (χ4v) is 2.64. The number of nitro groups is 1. The summed E-state index contributed by atoms with van der Waals surface area (Å²) in [7, 11) is 0. The molecule has 4 heteroatoms. The zero-order valence-electron chi connectivity index (χ0n) is 11.0. The molecule has 0 saturated heterocycles. The number of anilines is 1. The van der Waals surface area contributed by atoms with Crippen molar-refractivity contribution in [1.29, 1.82) is 0 Å². The highest BCUT2D eigenvalue weighted by Gasteiger charge is 2.28. The Kier molecular flexibility index (Phi) is 3.55. The molecule has 1 aromatic rings. The van der Waals surface area contributed by atoms with Gasteiger partial charge in [-0.15, -0.1) is 0 Å². The average Bonchev–Trinajstić information content (AvgIpc) is 2.75. The van der Waals surface area contributed by atoms with Gasteiger partial charge in [0.25, 0.3) is 5.69 Å². The van der Waals surface area contributed by atoms with Gasteiger partial charge < -0.3 is 5.32 Å². The molecule has 0 aliphatic heterocycles. The van der Waals surface area contributed by atoms with Gasteiger partial charge in [-0.25, -0.2) is 0 Å². The lowest BCUT2D eigenvalue weighted by atomic mass is 9.89. The van der Waals surface area contributed by atoms with E-state index in [1.165, 1.54) is 25.7 Å². The predicted molar refractivity (Wildman–Crippen MR) is 72.9 cm³/mol. The lowest BCUT2D eigenvalue weighted by Gasteiger charge is -2.24. The number of nitrogens with zero attached hydrogens (tertiary/aromatic N) is 1. The molecule has 0 heterocycles. The van der Waals surface area contributed by atoms with Crippen molar-refractivity contribution in [2.45, 2.75) is 39.5 Å². The van der Waals surface area contributed by atoms with Crippen molar-refractivity contribution in [2.24, 2.45) is 5.41 Å². The SMILES string of the molecule is Cc1ccc(NCC2(C)CCCC2)cc1[N+](=O)[O-]. The van der Waals surface area contributed by atoms with Crippen LogP contribution in [0.1, 0.15) is 38.2 Å². The molecule has 1 fully saturated rings. The van der Waals surface area contributed by atoms with Gasteiger partial charge in [-0.05, 0) is 31.2 Å². The van der Waals surface area contributed by atoms with E-state index < -0.39 is 0 Å². The topological polar surface area (TPSA) is 55.2 Å². The van der Waals surface area contributed by atoms with Gasteiger partial charge in [-0.2, -0.15) is 0 Å². The van der Waals surface area contributed by atoms with Crippen LogP contribution in [0.4, 0.5) is 11.4 Å². The molecule has 0 atom stereocenters. The van der Waals surface area contributed by atoms with E-state index in [4.69, 9.17) is 0 Å². The number of benzene rings is 1. The third kappa shape index (κ3) is 2.81. The zero-order chi connectivity index (χ0) is 13.2. The third-order valence-corrected chi connectivity index (χ3v) is 3.94. The smallest absolute Gasteiger partial charge is 0.274 e. The first-order chi connectivity index (χ1) is 8.50. The minimum atomic E-state index is -0.322. The summed E-state index contributed by atoms with van der Waals surface area (Å²) < 4.78 is 0. The lowest BCUT2D eigenvalue weighted by molar-refractivity contribution is -0.385. The van der Waals surface area contributed by atoms with Crippen LogP contribution in [0.25, 0.3) is 0 Å². The molecule has 18 heavy (non-hydrogen) atoms. The first-order valence-corrected chi connectivity index (χ1v) is 6.49. The summed E-state index contributed by atoms with van der Waals surface area (Å²) in [4.78, 5) is 10.6. The van der Waals surface area contributed by atoms with Crippen LogP contribution in [0.3, 0.4) is 0 Å². The molecule has 98 valence electrons. The zero-order valence-corrected chi connectivity index (χ0v) is 11.0. The van der Waals surface area contributed by atoms with Crippen molar-refractivity contribution >= 4 is 11.4 Å². The Labute approximate surface area is 108 Å². The number of hydrogen-bond acceptors (Lipinski definition) is 3. The standard InChI is InChI=1S/C14H20N2O2/c1-11-5-6-12(9-13(11)16(17)18)15-10-14(2)7-3-4-8-14/h5-6,9,15H,3-4,7-8,10H2,1-2H3. The maximum absolute atomic E-state index is 10.9. The van der Waals surface area contributed by atoms with Gasteiger partial charge >= 0.3 is 0 Å². The van der Waals surface area contributed by atoms with Gasteiger partial charge in [-0.3, -0.25) is 10.1 Å². The van der Waals surface area contributed by atoms with Gasteiger partial charge in [-0.1, -0.05) is 25.8 Å². The molecule has 4 nitrogen and oxygen atoms in total. The summed E-state index contributed by atoms with van der Waals surface area (Å²) in [5.41, 5.74) is 2.09. The third-order valence-electron chi connectivity index (χ3n) is 3.94. The van der Waals surface area contributed by atoms with Crippen LogP contribution in [0.15, 0.2) is 18.2 Å². The first kappa shape index (κ1) is 12.9. The highest BCUT2D eigenvalue weighted by atomic mass is 16.6. The molecule has 1 aliphatic rings. The molecule has 1 saturated carbocycles. The van der Waals surface area contributed by atoms with Crippen LogP contribution in [-0.2, 0) is 0 Å². The van der Waals surface area contributed by atoms with Crippen LogP contribution in [-0.4, -0.2) is 11.5 Å². The maximum atomic E-state index is 10.9. The molecule has 1 N–H and O–H groups in total. The molecule has 0 spiro atoms. The average molecular weight is 248 g/mol. The summed E-state index contributed by atoms with van der Waals surface area (Å²) in [5.74, 6) is 0. The number of hydrogen-bond donors (Lipinski definition) is 1. The first-order valence-electron chi connectivity index (χ1n) is 6.49. The van der Waals surface area contributed by atoms with Gasteiger partial charge in [0.05, 0.1) is 4.92 Å². The normalized spacial score (nSPS) is 17.7. The van der Waals surface area contributed by atoms with Crippen molar-refractivity contribution < 1.29 is 4.92 Å². The van der Waals surface area contributed by atoms with Crippen LogP contribution in [0.5, 0.6) is 0 Å². The molecule has 2 rings (SSSR count). The Morgan fingerprint density at radius 3 is 2.67 bits per heavy atom. The van der Waals surface area contributed by atoms with E-state index in [9.17, 15) is 10.1 Å². The summed E-state index contributed by atoms with van der Waals surface area (Å²) in [6.45, 7) is 4.95. The highest BCUT2D eigenvalue weighted by molar-refractivity contribution is 5.54. The van der Waals surface area contributed by atoms with Gasteiger partial charge in [0.1, 0.15) is 0 Å². The van der Waals surface area contributed by atoms with Gasteiger partial charge in [0, 0.05) is 23.9 Å². The second-order valence-electron chi connectivity index (χ2n) is 5.63. The molecule has 0 aromatic heterocycles. The number of rotatable bonds is 4. The van der Waals surface area contributed by atoms with E-state index in [-0.39, 0.29) is 10.6 Å². The van der Waals surface area contributed by atoms with Crippen LogP contribution < -0.4 is 5.32 Å². The van der Waals surface area contributed by atoms with E-state index in [2.05, 4.69) is 12.2 Å². The summed E-state index contributed by atoms with van der Waals surface area (Å²) >= 11 is 0. The molecule has 0 unspecified atom stereocenters. The molecule has 1 aromatic carbocycles. The predicted octanol–water partition coefficient (Wildman–Crippen LogP) is 3.90. The van der Waals surface area contributed by atoms with Crippen LogP contribution in [0.2, 0.25) is 0 Å². The largest absolute Gasteiger partial charge is 0.384 e.